The molecule has 2 aromatic carbocycles. The van der Waals surface area contributed by atoms with E-state index in [-0.39, 0.29) is 11.7 Å². The number of ether oxygens (including phenoxy) is 1. The molecule has 0 fully saturated rings. The highest BCUT2D eigenvalue weighted by molar-refractivity contribution is 5.83. The first-order valence-corrected chi connectivity index (χ1v) is 8.86. The summed E-state index contributed by atoms with van der Waals surface area (Å²) >= 11 is 0. The molecule has 1 aliphatic heterocycles. The van der Waals surface area contributed by atoms with Crippen LogP contribution in [0.2, 0.25) is 0 Å². The molecule has 26 heavy (non-hydrogen) atoms. The van der Waals surface area contributed by atoms with Crippen molar-refractivity contribution in [1.82, 2.24) is 9.80 Å². The molecule has 0 saturated carbocycles. The van der Waals surface area contributed by atoms with Gasteiger partial charge in [0.25, 0.3) is 0 Å². The summed E-state index contributed by atoms with van der Waals surface area (Å²) in [5.41, 5.74) is 3.32. The number of benzene rings is 2. The summed E-state index contributed by atoms with van der Waals surface area (Å²) in [4.78, 5) is 17.0. The van der Waals surface area contributed by atoms with Crippen LogP contribution in [0.25, 0.3) is 0 Å². The van der Waals surface area contributed by atoms with Crippen molar-refractivity contribution in [3.63, 3.8) is 0 Å². The van der Waals surface area contributed by atoms with Gasteiger partial charge in [-0.25, -0.2) is 4.39 Å². The Morgan fingerprint density at radius 3 is 2.35 bits per heavy atom. The molecule has 2 aromatic rings. The number of amides is 1. The summed E-state index contributed by atoms with van der Waals surface area (Å²) in [6.07, 6.45) is 1.64. The Labute approximate surface area is 154 Å². The van der Waals surface area contributed by atoms with E-state index in [0.717, 1.165) is 24.2 Å². The minimum Gasteiger partial charge on any atom is -0.497 e. The Morgan fingerprint density at radius 2 is 1.73 bits per heavy atom. The van der Waals surface area contributed by atoms with E-state index in [9.17, 15) is 9.18 Å². The van der Waals surface area contributed by atoms with E-state index >= 15 is 0 Å². The molecule has 4 nitrogen and oxygen atoms in total. The van der Waals surface area contributed by atoms with Gasteiger partial charge in [-0.3, -0.25) is 9.69 Å². The summed E-state index contributed by atoms with van der Waals surface area (Å²) < 4.78 is 18.6. The number of methoxy groups -OCH3 is 1. The minimum atomic E-state index is -0.411. The molecule has 0 aromatic heterocycles. The van der Waals surface area contributed by atoms with Gasteiger partial charge >= 0.3 is 0 Å². The van der Waals surface area contributed by atoms with Crippen molar-refractivity contribution >= 4 is 5.91 Å². The zero-order chi connectivity index (χ0) is 18.7. The van der Waals surface area contributed by atoms with Crippen LogP contribution < -0.4 is 4.74 Å². The third-order valence-corrected chi connectivity index (χ3v) is 4.96. The summed E-state index contributed by atoms with van der Waals surface area (Å²) in [6.45, 7) is 1.36. The van der Waals surface area contributed by atoms with Gasteiger partial charge in [0.2, 0.25) is 5.91 Å². The maximum atomic E-state index is 13.3. The normalized spacial score (nSPS) is 15.3. The Bertz CT molecular complexity index is 774. The number of carbonyl (C=O) groups is 1. The van der Waals surface area contributed by atoms with Gasteiger partial charge in [0, 0.05) is 13.1 Å². The SMILES string of the molecule is COc1ccc2c(c1)CCN(C(=O)C(c1ccc(F)cc1)N(C)C)CC2. The van der Waals surface area contributed by atoms with Crippen LogP contribution in [0.4, 0.5) is 4.39 Å². The van der Waals surface area contributed by atoms with Gasteiger partial charge in [-0.2, -0.15) is 0 Å². The molecule has 1 aliphatic rings. The molecule has 0 aliphatic carbocycles. The zero-order valence-corrected chi connectivity index (χ0v) is 15.5. The number of halogens is 1. The lowest BCUT2D eigenvalue weighted by Crippen LogP contribution is -2.41. The van der Waals surface area contributed by atoms with Crippen molar-refractivity contribution in [2.45, 2.75) is 18.9 Å². The third-order valence-electron chi connectivity index (χ3n) is 4.96. The summed E-state index contributed by atoms with van der Waals surface area (Å²) in [5.74, 6) is 0.611. The number of hydrogen-bond acceptors (Lipinski definition) is 3. The second-order valence-corrected chi connectivity index (χ2v) is 6.88. The van der Waals surface area contributed by atoms with E-state index in [0.29, 0.717) is 13.1 Å². The molecule has 1 heterocycles. The van der Waals surface area contributed by atoms with E-state index < -0.39 is 6.04 Å². The van der Waals surface area contributed by atoms with Gasteiger partial charge in [0.1, 0.15) is 17.6 Å². The fourth-order valence-electron chi connectivity index (χ4n) is 3.53. The second kappa shape index (κ2) is 7.87. The summed E-state index contributed by atoms with van der Waals surface area (Å²) in [7, 11) is 5.42. The Balaban J connectivity index is 1.79. The molecule has 0 spiro atoms. The first-order valence-electron chi connectivity index (χ1n) is 8.86. The van der Waals surface area contributed by atoms with Crippen molar-refractivity contribution in [2.75, 3.05) is 34.3 Å². The second-order valence-electron chi connectivity index (χ2n) is 6.88. The highest BCUT2D eigenvalue weighted by Crippen LogP contribution is 2.25. The first-order chi connectivity index (χ1) is 12.5. The van der Waals surface area contributed by atoms with Crippen LogP contribution in [0.15, 0.2) is 42.5 Å². The van der Waals surface area contributed by atoms with Gasteiger partial charge < -0.3 is 9.64 Å². The lowest BCUT2D eigenvalue weighted by Gasteiger charge is -2.30. The average molecular weight is 356 g/mol. The fraction of sp³-hybridized carbons (Fsp3) is 0.381. The van der Waals surface area contributed by atoms with E-state index in [2.05, 4.69) is 12.1 Å². The average Bonchev–Trinajstić information content (AvgIpc) is 2.85. The number of carbonyl (C=O) groups excluding carboxylic acids is 1. The number of rotatable bonds is 4. The lowest BCUT2D eigenvalue weighted by atomic mass is 10.0. The number of likely N-dealkylation sites (N-methyl/N-ethyl adjacent to an activating group) is 1. The topological polar surface area (TPSA) is 32.8 Å². The molecule has 5 heteroatoms. The van der Waals surface area contributed by atoms with Crippen LogP contribution in [0.5, 0.6) is 5.75 Å². The molecule has 0 radical (unpaired) electrons. The fourth-order valence-corrected chi connectivity index (χ4v) is 3.53. The van der Waals surface area contributed by atoms with Gasteiger partial charge in [0.05, 0.1) is 7.11 Å². The van der Waals surface area contributed by atoms with Crippen molar-refractivity contribution in [1.29, 1.82) is 0 Å². The molecule has 138 valence electrons. The van der Waals surface area contributed by atoms with Crippen molar-refractivity contribution < 1.29 is 13.9 Å². The molecule has 3 rings (SSSR count). The van der Waals surface area contributed by atoms with Crippen LogP contribution in [-0.4, -0.2) is 50.0 Å². The largest absolute Gasteiger partial charge is 0.497 e. The predicted molar refractivity (Wildman–Crippen MR) is 99.8 cm³/mol. The van der Waals surface area contributed by atoms with Gasteiger partial charge in [-0.05, 0) is 67.9 Å². The van der Waals surface area contributed by atoms with E-state index in [1.165, 1.54) is 23.3 Å². The molecule has 0 saturated heterocycles. The Hall–Kier alpha value is -2.40. The number of hydrogen-bond donors (Lipinski definition) is 0. The van der Waals surface area contributed by atoms with Crippen molar-refractivity contribution in [3.05, 3.63) is 65.0 Å². The van der Waals surface area contributed by atoms with E-state index in [1.54, 1.807) is 19.2 Å². The van der Waals surface area contributed by atoms with E-state index in [4.69, 9.17) is 4.74 Å². The van der Waals surface area contributed by atoms with E-state index in [1.807, 2.05) is 30.0 Å². The standard InChI is InChI=1S/C21H25FN2O2/c1-23(2)20(16-4-7-18(22)8-5-16)21(25)24-12-10-15-6-9-19(26-3)14-17(15)11-13-24/h4-9,14,20H,10-13H2,1-3H3. The number of fused-ring (bicyclic) bond motifs is 1. The number of nitrogens with zero attached hydrogens (tertiary/aromatic N) is 2. The monoisotopic (exact) mass is 356 g/mol. The molecule has 1 unspecified atom stereocenters. The highest BCUT2D eigenvalue weighted by Gasteiger charge is 2.29. The molecule has 1 atom stereocenters. The van der Waals surface area contributed by atoms with Crippen molar-refractivity contribution in [2.24, 2.45) is 0 Å². The van der Waals surface area contributed by atoms with Crippen LogP contribution >= 0.6 is 0 Å². The van der Waals surface area contributed by atoms with Crippen LogP contribution in [-0.2, 0) is 17.6 Å². The first kappa shape index (κ1) is 18.4. The molecule has 0 bridgehead atoms. The van der Waals surface area contributed by atoms with Gasteiger partial charge in [0.15, 0.2) is 0 Å². The zero-order valence-electron chi connectivity index (χ0n) is 15.5. The maximum absolute atomic E-state index is 13.3. The third kappa shape index (κ3) is 3.88. The quantitative estimate of drug-likeness (QED) is 0.844. The summed E-state index contributed by atoms with van der Waals surface area (Å²) in [6, 6.07) is 11.9. The predicted octanol–water partition coefficient (Wildman–Crippen LogP) is 3.06. The van der Waals surface area contributed by atoms with Gasteiger partial charge in [-0.15, -0.1) is 0 Å². The van der Waals surface area contributed by atoms with Crippen LogP contribution in [0.3, 0.4) is 0 Å². The maximum Gasteiger partial charge on any atom is 0.244 e. The summed E-state index contributed by atoms with van der Waals surface area (Å²) in [5, 5.41) is 0. The molecule has 0 N–H and O–H groups in total. The molecule has 1 amide bonds. The van der Waals surface area contributed by atoms with Gasteiger partial charge in [-0.1, -0.05) is 18.2 Å². The lowest BCUT2D eigenvalue weighted by molar-refractivity contribution is -0.136. The Kier molecular flexibility index (Phi) is 5.57. The molecular weight excluding hydrogens is 331 g/mol. The van der Waals surface area contributed by atoms with Crippen LogP contribution in [0, 0.1) is 5.82 Å². The smallest absolute Gasteiger partial charge is 0.244 e. The minimum absolute atomic E-state index is 0.0568. The Morgan fingerprint density at radius 1 is 1.08 bits per heavy atom. The molecular formula is C21H25FN2O2. The highest BCUT2D eigenvalue weighted by atomic mass is 19.1. The van der Waals surface area contributed by atoms with Crippen LogP contribution in [0.1, 0.15) is 22.7 Å². The van der Waals surface area contributed by atoms with Crippen molar-refractivity contribution in [3.8, 4) is 5.75 Å².